The summed E-state index contributed by atoms with van der Waals surface area (Å²) >= 11 is 11.6. The Bertz CT molecular complexity index is 574. The predicted octanol–water partition coefficient (Wildman–Crippen LogP) is 5.53. The fraction of sp³-hybridized carbons (Fsp3) is 0.200. The number of benzene rings is 2. The van der Waals surface area contributed by atoms with Gasteiger partial charge in [-0.05, 0) is 59.7 Å². The first kappa shape index (κ1) is 14.9. The number of nitrogens with one attached hydrogen (secondary N) is 1. The zero-order valence-corrected chi connectivity index (χ0v) is 13.9. The highest BCUT2D eigenvalue weighted by atomic mass is 79.9. The van der Waals surface area contributed by atoms with E-state index in [4.69, 9.17) is 11.6 Å². The first-order chi connectivity index (χ1) is 9.11. The van der Waals surface area contributed by atoms with E-state index < -0.39 is 0 Å². The van der Waals surface area contributed by atoms with E-state index in [1.807, 2.05) is 31.3 Å². The molecule has 19 heavy (non-hydrogen) atoms. The molecule has 0 aliphatic rings. The minimum Gasteiger partial charge on any atom is -0.313 e. The van der Waals surface area contributed by atoms with E-state index in [1.54, 1.807) is 11.8 Å². The molecule has 0 radical (unpaired) electrons. The molecule has 0 fully saturated rings. The zero-order chi connectivity index (χ0) is 13.8. The summed E-state index contributed by atoms with van der Waals surface area (Å²) in [5.74, 6) is 0. The van der Waals surface area contributed by atoms with Gasteiger partial charge in [0.15, 0.2) is 0 Å². The zero-order valence-electron chi connectivity index (χ0n) is 10.8. The summed E-state index contributed by atoms with van der Waals surface area (Å²) in [5.41, 5.74) is 1.13. The van der Waals surface area contributed by atoms with Gasteiger partial charge in [0.2, 0.25) is 0 Å². The van der Waals surface area contributed by atoms with Crippen molar-refractivity contribution in [1.82, 2.24) is 5.32 Å². The van der Waals surface area contributed by atoms with Gasteiger partial charge in [-0.2, -0.15) is 0 Å². The lowest BCUT2D eigenvalue weighted by molar-refractivity contribution is 0.652. The van der Waals surface area contributed by atoms with Crippen LogP contribution in [0.25, 0.3) is 0 Å². The molecule has 100 valence electrons. The third-order valence-electron chi connectivity index (χ3n) is 2.94. The second kappa shape index (κ2) is 6.80. The number of rotatable bonds is 4. The van der Waals surface area contributed by atoms with Crippen molar-refractivity contribution in [1.29, 1.82) is 0 Å². The summed E-state index contributed by atoms with van der Waals surface area (Å²) in [7, 11) is 1.94. The van der Waals surface area contributed by atoms with Crippen molar-refractivity contribution in [2.45, 2.75) is 22.8 Å². The third kappa shape index (κ3) is 3.76. The van der Waals surface area contributed by atoms with Crippen molar-refractivity contribution in [2.75, 3.05) is 7.05 Å². The van der Waals surface area contributed by atoms with E-state index in [9.17, 15) is 0 Å². The van der Waals surface area contributed by atoms with Crippen LogP contribution >= 0.6 is 39.3 Å². The van der Waals surface area contributed by atoms with E-state index >= 15 is 0 Å². The van der Waals surface area contributed by atoms with E-state index in [1.165, 1.54) is 4.90 Å². The standard InChI is InChI=1S/C15H15BrClNS/c1-10(18-2)12-8-7-11(9-14(12)17)19-15-6-4-3-5-13(15)16/h3-10,18H,1-2H3. The van der Waals surface area contributed by atoms with Crippen LogP contribution in [0.1, 0.15) is 18.5 Å². The topological polar surface area (TPSA) is 12.0 Å². The Morgan fingerprint density at radius 3 is 2.58 bits per heavy atom. The highest BCUT2D eigenvalue weighted by Gasteiger charge is 2.09. The molecule has 0 heterocycles. The van der Waals surface area contributed by atoms with Crippen LogP contribution in [0.5, 0.6) is 0 Å². The number of halogens is 2. The van der Waals surface area contributed by atoms with Crippen LogP contribution in [0.4, 0.5) is 0 Å². The van der Waals surface area contributed by atoms with Crippen molar-refractivity contribution < 1.29 is 0 Å². The van der Waals surface area contributed by atoms with Crippen LogP contribution in [0, 0.1) is 0 Å². The minimum atomic E-state index is 0.259. The van der Waals surface area contributed by atoms with Gasteiger partial charge in [-0.25, -0.2) is 0 Å². The van der Waals surface area contributed by atoms with Crippen molar-refractivity contribution >= 4 is 39.3 Å². The molecule has 1 unspecified atom stereocenters. The van der Waals surface area contributed by atoms with Gasteiger partial charge in [-0.15, -0.1) is 0 Å². The molecule has 0 bridgehead atoms. The second-order valence-electron chi connectivity index (χ2n) is 4.23. The van der Waals surface area contributed by atoms with E-state index in [-0.39, 0.29) is 6.04 Å². The molecule has 2 aromatic carbocycles. The molecule has 0 saturated carbocycles. The Morgan fingerprint density at radius 2 is 1.95 bits per heavy atom. The smallest absolute Gasteiger partial charge is 0.0464 e. The maximum Gasteiger partial charge on any atom is 0.0464 e. The molecular formula is C15H15BrClNS. The molecule has 2 rings (SSSR count). The first-order valence-electron chi connectivity index (χ1n) is 6.01. The van der Waals surface area contributed by atoms with Crippen LogP contribution in [-0.4, -0.2) is 7.05 Å². The van der Waals surface area contributed by atoms with Crippen LogP contribution in [-0.2, 0) is 0 Å². The molecule has 4 heteroatoms. The van der Waals surface area contributed by atoms with Gasteiger partial charge in [-0.1, -0.05) is 41.6 Å². The van der Waals surface area contributed by atoms with Crippen molar-refractivity contribution in [3.8, 4) is 0 Å². The summed E-state index contributed by atoms with van der Waals surface area (Å²) in [5, 5.41) is 4.01. The van der Waals surface area contributed by atoms with E-state index in [0.29, 0.717) is 0 Å². The van der Waals surface area contributed by atoms with Crippen molar-refractivity contribution in [2.24, 2.45) is 0 Å². The average molecular weight is 357 g/mol. The summed E-state index contributed by atoms with van der Waals surface area (Å²) < 4.78 is 1.10. The maximum atomic E-state index is 6.34. The molecule has 1 N–H and O–H groups in total. The molecule has 1 nitrogen and oxygen atoms in total. The molecule has 1 atom stereocenters. The SMILES string of the molecule is CNC(C)c1ccc(Sc2ccccc2Br)cc1Cl. The number of hydrogen-bond acceptors (Lipinski definition) is 2. The predicted molar refractivity (Wildman–Crippen MR) is 87.2 cm³/mol. The van der Waals surface area contributed by atoms with Crippen LogP contribution < -0.4 is 5.32 Å². The van der Waals surface area contributed by atoms with Crippen LogP contribution in [0.2, 0.25) is 5.02 Å². The molecule has 0 aliphatic heterocycles. The molecule has 0 spiro atoms. The van der Waals surface area contributed by atoms with Gasteiger partial charge in [-0.3, -0.25) is 0 Å². The largest absolute Gasteiger partial charge is 0.313 e. The summed E-state index contributed by atoms with van der Waals surface area (Å²) in [6, 6.07) is 14.7. The lowest BCUT2D eigenvalue weighted by Crippen LogP contribution is -2.12. The highest BCUT2D eigenvalue weighted by molar-refractivity contribution is 9.10. The van der Waals surface area contributed by atoms with Gasteiger partial charge in [0.05, 0.1) is 0 Å². The fourth-order valence-electron chi connectivity index (χ4n) is 1.73. The molecule has 0 aromatic heterocycles. The molecule has 2 aromatic rings. The Kier molecular flexibility index (Phi) is 5.34. The Labute approximate surface area is 131 Å². The fourth-order valence-corrected chi connectivity index (χ4v) is 3.55. The van der Waals surface area contributed by atoms with Gasteiger partial charge >= 0.3 is 0 Å². The molecule has 0 saturated heterocycles. The summed E-state index contributed by atoms with van der Waals surface area (Å²) in [6.45, 7) is 2.10. The Morgan fingerprint density at radius 1 is 1.21 bits per heavy atom. The summed E-state index contributed by atoms with van der Waals surface area (Å²) in [4.78, 5) is 2.33. The van der Waals surface area contributed by atoms with Crippen molar-refractivity contribution in [3.63, 3.8) is 0 Å². The summed E-state index contributed by atoms with van der Waals surface area (Å²) in [6.07, 6.45) is 0. The van der Waals surface area contributed by atoms with Gasteiger partial charge in [0, 0.05) is 25.3 Å². The maximum absolute atomic E-state index is 6.34. The normalized spacial score (nSPS) is 12.4. The van der Waals surface area contributed by atoms with E-state index in [0.717, 1.165) is 20.0 Å². The molecule has 0 amide bonds. The first-order valence-corrected chi connectivity index (χ1v) is 7.99. The van der Waals surface area contributed by atoms with Gasteiger partial charge < -0.3 is 5.32 Å². The lowest BCUT2D eigenvalue weighted by Gasteiger charge is -2.13. The van der Waals surface area contributed by atoms with Crippen molar-refractivity contribution in [3.05, 3.63) is 57.5 Å². The lowest BCUT2D eigenvalue weighted by atomic mass is 10.1. The van der Waals surface area contributed by atoms with Crippen LogP contribution in [0.15, 0.2) is 56.7 Å². The minimum absolute atomic E-state index is 0.259. The monoisotopic (exact) mass is 355 g/mol. The Balaban J connectivity index is 2.24. The van der Waals surface area contributed by atoms with E-state index in [2.05, 4.69) is 46.4 Å². The Hall–Kier alpha value is -0.480. The van der Waals surface area contributed by atoms with Gasteiger partial charge in [0.25, 0.3) is 0 Å². The number of hydrogen-bond donors (Lipinski definition) is 1. The quantitative estimate of drug-likeness (QED) is 0.772. The molecular weight excluding hydrogens is 342 g/mol. The average Bonchev–Trinajstić information content (AvgIpc) is 2.41. The second-order valence-corrected chi connectivity index (χ2v) is 6.60. The highest BCUT2D eigenvalue weighted by Crippen LogP contribution is 2.35. The van der Waals surface area contributed by atoms with Crippen LogP contribution in [0.3, 0.4) is 0 Å². The van der Waals surface area contributed by atoms with Gasteiger partial charge in [0.1, 0.15) is 0 Å². The molecule has 0 aliphatic carbocycles. The third-order valence-corrected chi connectivity index (χ3v) is 5.28.